The average molecular weight is 541 g/mol. The molecule has 3 aromatic heterocycles. The molecule has 0 amide bonds. The number of nitrogens with zero attached hydrogens (tertiary/aromatic N) is 4. The van der Waals surface area contributed by atoms with Gasteiger partial charge in [0.05, 0.1) is 11.6 Å². The number of aromatic amines is 2. The fraction of sp³-hybridized carbons (Fsp3) is 0.679. The molecule has 11 nitrogen and oxygen atoms in total. The second-order valence-corrected chi connectivity index (χ2v) is 10.8. The molecule has 11 heteroatoms. The molecule has 2 aliphatic heterocycles. The lowest BCUT2D eigenvalue weighted by atomic mass is 9.83. The highest BCUT2D eigenvalue weighted by atomic mass is 16.5. The maximum atomic E-state index is 12.6. The third kappa shape index (κ3) is 6.41. The molecule has 0 aromatic carbocycles. The largest absolute Gasteiger partial charge is 0.474 e. The van der Waals surface area contributed by atoms with Crippen molar-refractivity contribution in [3.8, 4) is 17.5 Å². The Hall–Kier alpha value is -3.05. The topological polar surface area (TPSA) is 139 Å². The molecule has 0 spiro atoms. The number of Topliss-reactive ketones (excluding diaryl/α,β-unsaturated/α-hetero) is 1. The van der Waals surface area contributed by atoms with E-state index in [9.17, 15) is 9.59 Å². The van der Waals surface area contributed by atoms with Gasteiger partial charge >= 0.3 is 5.69 Å². The molecule has 6 rings (SSSR count). The molecule has 3 aliphatic rings. The molecule has 1 unspecified atom stereocenters. The Morgan fingerprint density at radius 2 is 1.87 bits per heavy atom. The van der Waals surface area contributed by atoms with Crippen LogP contribution in [0.1, 0.15) is 88.3 Å². The molecule has 1 saturated carbocycles. The van der Waals surface area contributed by atoms with E-state index in [-0.39, 0.29) is 17.4 Å². The molecular weight excluding hydrogens is 500 g/mol. The first-order chi connectivity index (χ1) is 19.0. The van der Waals surface area contributed by atoms with Crippen LogP contribution >= 0.6 is 0 Å². The number of likely N-dealkylation sites (N-methyl/N-ethyl adjacent to an activating group) is 1. The molecule has 2 N–H and O–H groups in total. The molecule has 5 heterocycles. The molecule has 0 radical (unpaired) electrons. The number of carbonyl (C=O) groups is 1. The Bertz CT molecular complexity index is 1300. The summed E-state index contributed by atoms with van der Waals surface area (Å²) < 4.78 is 16.9. The quantitative estimate of drug-likeness (QED) is 0.452. The summed E-state index contributed by atoms with van der Waals surface area (Å²) in [5.74, 6) is 1.04. The number of imidazole rings is 1. The van der Waals surface area contributed by atoms with Crippen LogP contribution in [0.15, 0.2) is 9.32 Å². The fourth-order valence-electron chi connectivity index (χ4n) is 5.69. The van der Waals surface area contributed by atoms with Crippen LogP contribution in [-0.2, 0) is 16.0 Å². The summed E-state index contributed by atoms with van der Waals surface area (Å²) in [6.07, 6.45) is 11.0. The van der Waals surface area contributed by atoms with Crippen molar-refractivity contribution < 1.29 is 18.8 Å². The number of H-pyrrole nitrogens is 2. The highest BCUT2D eigenvalue weighted by Gasteiger charge is 2.32. The summed E-state index contributed by atoms with van der Waals surface area (Å²) in [5, 5.41) is 4.32. The second-order valence-electron chi connectivity index (χ2n) is 10.8. The summed E-state index contributed by atoms with van der Waals surface area (Å²) in [6, 6.07) is 0.300. The lowest BCUT2D eigenvalue weighted by molar-refractivity contribution is -0.122. The highest BCUT2D eigenvalue weighted by molar-refractivity contribution is 5.86. The van der Waals surface area contributed by atoms with E-state index in [0.29, 0.717) is 59.8 Å². The van der Waals surface area contributed by atoms with E-state index in [1.807, 2.05) is 0 Å². The molecule has 39 heavy (non-hydrogen) atoms. The lowest BCUT2D eigenvalue weighted by Crippen LogP contribution is -2.30. The number of ketones is 1. The summed E-state index contributed by atoms with van der Waals surface area (Å²) >= 11 is 0. The zero-order valence-electron chi connectivity index (χ0n) is 23.1. The van der Waals surface area contributed by atoms with Crippen molar-refractivity contribution in [2.24, 2.45) is 0 Å². The van der Waals surface area contributed by atoms with Crippen molar-refractivity contribution in [1.29, 1.82) is 0 Å². The first-order valence-corrected chi connectivity index (χ1v) is 14.5. The first-order valence-electron chi connectivity index (χ1n) is 14.5. The van der Waals surface area contributed by atoms with Crippen molar-refractivity contribution in [2.45, 2.75) is 89.5 Å². The average Bonchev–Trinajstić information content (AvgIpc) is 3.67. The van der Waals surface area contributed by atoms with E-state index in [1.165, 1.54) is 19.3 Å². The lowest BCUT2D eigenvalue weighted by Gasteiger charge is -2.19. The Morgan fingerprint density at radius 3 is 2.54 bits per heavy atom. The number of hydrogen-bond donors (Lipinski definition) is 2. The van der Waals surface area contributed by atoms with E-state index in [2.05, 4.69) is 44.0 Å². The Balaban J connectivity index is 0.000000455. The molecular formula is C28H40N6O5. The van der Waals surface area contributed by atoms with Gasteiger partial charge in [-0.2, -0.15) is 4.98 Å². The minimum atomic E-state index is -0.376. The standard InChI is InChI=1S/C23H30N6O4.C5H10O/c1-3-7-15-17(14-9-4-5-10-16(14)30)28-33-19(15)21-25-20-18(24-23(31)27-20)22(26-21)32-12-13-8-6-11-29(13)2;1-2-4-6-5-3-1/h13-14H,3-12H2,1-2H3,(H2,24,25,26,27,31);1-5H2/t13?,14-;/m0./s1. The van der Waals surface area contributed by atoms with Crippen LogP contribution in [0.5, 0.6) is 5.88 Å². The van der Waals surface area contributed by atoms with Crippen LogP contribution in [0.4, 0.5) is 0 Å². The van der Waals surface area contributed by atoms with Gasteiger partial charge in [-0.25, -0.2) is 9.78 Å². The van der Waals surface area contributed by atoms with E-state index in [1.54, 1.807) is 0 Å². The summed E-state index contributed by atoms with van der Waals surface area (Å²) in [7, 11) is 2.08. The van der Waals surface area contributed by atoms with Gasteiger partial charge in [0.1, 0.15) is 17.9 Å². The van der Waals surface area contributed by atoms with E-state index >= 15 is 0 Å². The number of rotatable bonds is 7. The molecule has 212 valence electrons. The third-order valence-corrected chi connectivity index (χ3v) is 7.91. The van der Waals surface area contributed by atoms with Gasteiger partial charge in [-0.05, 0) is 65.0 Å². The fourth-order valence-corrected chi connectivity index (χ4v) is 5.69. The van der Waals surface area contributed by atoms with Crippen LogP contribution in [0.3, 0.4) is 0 Å². The van der Waals surface area contributed by atoms with Gasteiger partial charge in [-0.3, -0.25) is 14.8 Å². The van der Waals surface area contributed by atoms with E-state index in [4.69, 9.17) is 14.0 Å². The normalized spacial score (nSPS) is 22.2. The van der Waals surface area contributed by atoms with Crippen molar-refractivity contribution in [3.05, 3.63) is 21.7 Å². The predicted octanol–water partition coefficient (Wildman–Crippen LogP) is 4.14. The maximum absolute atomic E-state index is 12.6. The number of nitrogens with one attached hydrogen (secondary N) is 2. The Kier molecular flexibility index (Phi) is 9.08. The van der Waals surface area contributed by atoms with Gasteiger partial charge in [0, 0.05) is 31.2 Å². The van der Waals surface area contributed by atoms with Gasteiger partial charge in [0.25, 0.3) is 0 Å². The zero-order chi connectivity index (χ0) is 27.2. The molecule has 3 aromatic rings. The molecule has 3 fully saturated rings. The van der Waals surface area contributed by atoms with Crippen molar-refractivity contribution in [3.63, 3.8) is 0 Å². The Morgan fingerprint density at radius 1 is 1.03 bits per heavy atom. The minimum Gasteiger partial charge on any atom is -0.474 e. The zero-order valence-corrected chi connectivity index (χ0v) is 23.1. The van der Waals surface area contributed by atoms with E-state index < -0.39 is 0 Å². The van der Waals surface area contributed by atoms with Gasteiger partial charge in [-0.15, -0.1) is 0 Å². The summed E-state index contributed by atoms with van der Waals surface area (Å²) in [5.41, 5.74) is 1.99. The number of ether oxygens (including phenoxy) is 2. The second kappa shape index (κ2) is 12.9. The number of aromatic nitrogens is 5. The summed E-state index contributed by atoms with van der Waals surface area (Å²) in [6.45, 7) is 5.58. The van der Waals surface area contributed by atoms with Crippen LogP contribution in [0.2, 0.25) is 0 Å². The van der Waals surface area contributed by atoms with E-state index in [0.717, 1.165) is 63.8 Å². The SMILES string of the molecule is C1CCOCC1.CCCc1c([C@H]2CCCCC2=O)noc1-c1nc(OCC2CCCN2C)c2[nH]c(=O)[nH]c2n1. The van der Waals surface area contributed by atoms with Gasteiger partial charge in [0.2, 0.25) is 17.5 Å². The molecule has 2 saturated heterocycles. The molecule has 2 atom stereocenters. The van der Waals surface area contributed by atoms with Gasteiger partial charge in [-0.1, -0.05) is 24.9 Å². The van der Waals surface area contributed by atoms with Crippen LogP contribution in [0.25, 0.3) is 22.7 Å². The van der Waals surface area contributed by atoms with Crippen molar-refractivity contribution in [2.75, 3.05) is 33.4 Å². The predicted molar refractivity (Wildman–Crippen MR) is 146 cm³/mol. The summed E-state index contributed by atoms with van der Waals surface area (Å²) in [4.78, 5) is 41.5. The minimum absolute atomic E-state index is 0.217. The third-order valence-electron chi connectivity index (χ3n) is 7.91. The number of fused-ring (bicyclic) bond motifs is 1. The molecule has 1 aliphatic carbocycles. The highest BCUT2D eigenvalue weighted by Crippen LogP contribution is 2.36. The monoisotopic (exact) mass is 540 g/mol. The smallest absolute Gasteiger partial charge is 0.325 e. The number of likely N-dealkylation sites (tertiary alicyclic amines) is 1. The number of carbonyl (C=O) groups excluding carboxylic acids is 1. The van der Waals surface area contributed by atoms with Crippen molar-refractivity contribution in [1.82, 2.24) is 30.0 Å². The van der Waals surface area contributed by atoms with Crippen molar-refractivity contribution >= 4 is 16.9 Å². The number of hydrogen-bond acceptors (Lipinski definition) is 9. The van der Waals surface area contributed by atoms with Crippen LogP contribution in [-0.4, -0.2) is 75.2 Å². The Labute approximate surface area is 228 Å². The maximum Gasteiger partial charge on any atom is 0.325 e. The van der Waals surface area contributed by atoms with Gasteiger partial charge < -0.3 is 18.9 Å². The first kappa shape index (κ1) is 27.5. The van der Waals surface area contributed by atoms with Crippen LogP contribution < -0.4 is 10.4 Å². The molecule has 0 bridgehead atoms. The van der Waals surface area contributed by atoms with Crippen LogP contribution in [0, 0.1) is 0 Å². The van der Waals surface area contributed by atoms with Gasteiger partial charge in [0.15, 0.2) is 5.65 Å².